The van der Waals surface area contributed by atoms with Gasteiger partial charge in [-0.25, -0.2) is 4.98 Å². The summed E-state index contributed by atoms with van der Waals surface area (Å²) in [5, 5.41) is 18.1. The maximum Gasteiger partial charge on any atom is 0.311 e. The van der Waals surface area contributed by atoms with Crippen molar-refractivity contribution < 1.29 is 9.90 Å². The van der Waals surface area contributed by atoms with E-state index in [-0.39, 0.29) is 0 Å². The Morgan fingerprint density at radius 2 is 2.33 bits per heavy atom. The molecule has 0 amide bonds. The van der Waals surface area contributed by atoms with Crippen LogP contribution in [0.3, 0.4) is 0 Å². The predicted octanol–water partition coefficient (Wildman–Crippen LogP) is 1.56. The zero-order chi connectivity index (χ0) is 13.3. The summed E-state index contributed by atoms with van der Waals surface area (Å²) in [7, 11) is 0. The van der Waals surface area contributed by atoms with Gasteiger partial charge in [0.15, 0.2) is 0 Å². The van der Waals surface area contributed by atoms with Crippen LogP contribution in [0, 0.1) is 23.7 Å². The predicted molar refractivity (Wildman–Crippen MR) is 66.3 cm³/mol. The lowest BCUT2D eigenvalue weighted by Gasteiger charge is -2.22. The number of nitrogens with zero attached hydrogens (tertiary/aromatic N) is 3. The number of rotatable bonds is 2. The zero-order valence-corrected chi connectivity index (χ0v) is 10.5. The Bertz CT molecular complexity index is 536. The van der Waals surface area contributed by atoms with Crippen LogP contribution in [0.1, 0.15) is 24.7 Å². The van der Waals surface area contributed by atoms with Crippen LogP contribution in [-0.4, -0.2) is 29.1 Å². The summed E-state index contributed by atoms with van der Waals surface area (Å²) < 4.78 is 0. The number of pyridine rings is 1. The van der Waals surface area contributed by atoms with E-state index in [0.717, 1.165) is 11.4 Å². The Morgan fingerprint density at radius 3 is 2.89 bits per heavy atom. The van der Waals surface area contributed by atoms with E-state index >= 15 is 0 Å². The molecule has 0 saturated carbocycles. The van der Waals surface area contributed by atoms with Gasteiger partial charge in [-0.1, -0.05) is 0 Å². The fourth-order valence-electron chi connectivity index (χ4n) is 2.25. The molecule has 0 aromatic carbocycles. The minimum Gasteiger partial charge on any atom is -0.481 e. The van der Waals surface area contributed by atoms with Gasteiger partial charge in [0.25, 0.3) is 0 Å². The summed E-state index contributed by atoms with van der Waals surface area (Å²) in [6, 6.07) is 5.61. The van der Waals surface area contributed by atoms with E-state index in [1.807, 2.05) is 24.0 Å². The van der Waals surface area contributed by atoms with E-state index in [1.54, 1.807) is 13.0 Å². The largest absolute Gasteiger partial charge is 0.481 e. The third kappa shape index (κ3) is 2.14. The van der Waals surface area contributed by atoms with Crippen molar-refractivity contribution in [3.8, 4) is 6.07 Å². The van der Waals surface area contributed by atoms with E-state index in [4.69, 9.17) is 5.26 Å². The van der Waals surface area contributed by atoms with Crippen molar-refractivity contribution in [2.24, 2.45) is 5.41 Å². The molecule has 1 aromatic rings. The van der Waals surface area contributed by atoms with E-state index < -0.39 is 11.4 Å². The first kappa shape index (κ1) is 12.4. The Hall–Kier alpha value is -2.09. The molecule has 2 heterocycles. The number of nitriles is 1. The molecule has 1 unspecified atom stereocenters. The van der Waals surface area contributed by atoms with Gasteiger partial charge in [-0.05, 0) is 32.4 Å². The molecule has 0 aliphatic carbocycles. The SMILES string of the molecule is Cc1cc(N2CCC(C)(C(=O)O)C2)cc(C#N)n1. The Morgan fingerprint density at radius 1 is 1.61 bits per heavy atom. The standard InChI is InChI=1S/C13H15N3O2/c1-9-5-11(6-10(7-14)15-9)16-4-3-13(2,8-16)12(17)18/h5-6H,3-4,8H2,1-2H3,(H,17,18). The van der Waals surface area contributed by atoms with Gasteiger partial charge in [-0.15, -0.1) is 0 Å². The molecule has 1 aliphatic heterocycles. The summed E-state index contributed by atoms with van der Waals surface area (Å²) in [6.07, 6.45) is 0.617. The summed E-state index contributed by atoms with van der Waals surface area (Å²) in [5.74, 6) is -0.767. The van der Waals surface area contributed by atoms with Crippen molar-refractivity contribution >= 4 is 11.7 Å². The van der Waals surface area contributed by atoms with Crippen LogP contribution in [0.25, 0.3) is 0 Å². The monoisotopic (exact) mass is 245 g/mol. The van der Waals surface area contributed by atoms with Gasteiger partial charge in [0.2, 0.25) is 0 Å². The van der Waals surface area contributed by atoms with E-state index in [9.17, 15) is 9.90 Å². The number of hydrogen-bond acceptors (Lipinski definition) is 4. The highest BCUT2D eigenvalue weighted by molar-refractivity contribution is 5.76. The van der Waals surface area contributed by atoms with Crippen LogP contribution < -0.4 is 4.90 Å². The molecule has 1 atom stereocenters. The molecule has 5 nitrogen and oxygen atoms in total. The van der Waals surface area contributed by atoms with Crippen LogP contribution in [0.15, 0.2) is 12.1 Å². The molecule has 0 bridgehead atoms. The van der Waals surface area contributed by atoms with Crippen molar-refractivity contribution in [1.29, 1.82) is 5.26 Å². The summed E-state index contributed by atoms with van der Waals surface area (Å²) in [4.78, 5) is 17.3. The van der Waals surface area contributed by atoms with Gasteiger partial charge in [-0.2, -0.15) is 5.26 Å². The van der Waals surface area contributed by atoms with Crippen LogP contribution in [0.2, 0.25) is 0 Å². The van der Waals surface area contributed by atoms with E-state index in [2.05, 4.69) is 4.98 Å². The Labute approximate surface area is 106 Å². The van der Waals surface area contributed by atoms with Crippen molar-refractivity contribution in [3.05, 3.63) is 23.5 Å². The van der Waals surface area contributed by atoms with Gasteiger partial charge < -0.3 is 10.0 Å². The molecule has 0 spiro atoms. The number of carbonyl (C=O) groups is 1. The van der Waals surface area contributed by atoms with Crippen LogP contribution in [0.5, 0.6) is 0 Å². The Kier molecular flexibility index (Phi) is 2.95. The molecule has 0 radical (unpaired) electrons. The molecular weight excluding hydrogens is 230 g/mol. The molecule has 1 N–H and O–H groups in total. The molecule has 1 saturated heterocycles. The molecule has 18 heavy (non-hydrogen) atoms. The fraction of sp³-hybridized carbons (Fsp3) is 0.462. The summed E-state index contributed by atoms with van der Waals surface area (Å²) in [6.45, 7) is 4.75. The van der Waals surface area contributed by atoms with Gasteiger partial charge in [0.1, 0.15) is 11.8 Å². The van der Waals surface area contributed by atoms with Crippen LogP contribution >= 0.6 is 0 Å². The number of carboxylic acid groups (broad SMARTS) is 1. The molecule has 94 valence electrons. The lowest BCUT2D eigenvalue weighted by atomic mass is 9.90. The molecule has 2 rings (SSSR count). The minimum atomic E-state index is -0.767. The quantitative estimate of drug-likeness (QED) is 0.855. The van der Waals surface area contributed by atoms with Gasteiger partial charge >= 0.3 is 5.97 Å². The third-order valence-electron chi connectivity index (χ3n) is 3.41. The van der Waals surface area contributed by atoms with Gasteiger partial charge in [0.05, 0.1) is 5.41 Å². The first-order valence-electron chi connectivity index (χ1n) is 5.82. The highest BCUT2D eigenvalue weighted by Crippen LogP contribution is 2.33. The van der Waals surface area contributed by atoms with Gasteiger partial charge in [0, 0.05) is 24.5 Å². The zero-order valence-electron chi connectivity index (χ0n) is 10.5. The van der Waals surface area contributed by atoms with Crippen molar-refractivity contribution in [3.63, 3.8) is 0 Å². The smallest absolute Gasteiger partial charge is 0.311 e. The number of hydrogen-bond donors (Lipinski definition) is 1. The minimum absolute atomic E-state index is 0.369. The molecule has 1 aliphatic rings. The van der Waals surface area contributed by atoms with E-state index in [0.29, 0.717) is 25.2 Å². The molecule has 1 fully saturated rings. The first-order valence-corrected chi connectivity index (χ1v) is 5.82. The summed E-state index contributed by atoms with van der Waals surface area (Å²) >= 11 is 0. The average molecular weight is 245 g/mol. The molecular formula is C13H15N3O2. The highest BCUT2D eigenvalue weighted by atomic mass is 16.4. The van der Waals surface area contributed by atoms with Crippen LogP contribution in [-0.2, 0) is 4.79 Å². The number of anilines is 1. The second-order valence-corrected chi connectivity index (χ2v) is 5.00. The van der Waals surface area contributed by atoms with Crippen LogP contribution in [0.4, 0.5) is 5.69 Å². The third-order valence-corrected chi connectivity index (χ3v) is 3.41. The maximum absolute atomic E-state index is 11.2. The topological polar surface area (TPSA) is 77.2 Å². The first-order chi connectivity index (χ1) is 8.44. The molecule has 5 heteroatoms. The van der Waals surface area contributed by atoms with Gasteiger partial charge in [-0.3, -0.25) is 4.79 Å². The van der Waals surface area contributed by atoms with Crippen molar-refractivity contribution in [2.45, 2.75) is 20.3 Å². The lowest BCUT2D eigenvalue weighted by Crippen LogP contribution is -2.31. The highest BCUT2D eigenvalue weighted by Gasteiger charge is 2.40. The maximum atomic E-state index is 11.2. The number of carboxylic acids is 1. The Balaban J connectivity index is 2.27. The molecule has 1 aromatic heterocycles. The average Bonchev–Trinajstić information content (AvgIpc) is 2.72. The number of aliphatic carboxylic acids is 1. The second-order valence-electron chi connectivity index (χ2n) is 5.00. The summed E-state index contributed by atoms with van der Waals surface area (Å²) in [5.41, 5.74) is 1.31. The van der Waals surface area contributed by atoms with Crippen molar-refractivity contribution in [1.82, 2.24) is 4.98 Å². The lowest BCUT2D eigenvalue weighted by molar-refractivity contribution is -0.146. The normalized spacial score (nSPS) is 22.8. The second kappa shape index (κ2) is 4.30. The number of aryl methyl sites for hydroxylation is 1. The number of aromatic nitrogens is 1. The fourth-order valence-corrected chi connectivity index (χ4v) is 2.25. The van der Waals surface area contributed by atoms with Crippen molar-refractivity contribution in [2.75, 3.05) is 18.0 Å². The van der Waals surface area contributed by atoms with E-state index in [1.165, 1.54) is 0 Å².